The van der Waals surface area contributed by atoms with Crippen LogP contribution in [-0.4, -0.2) is 29.4 Å². The second-order valence-corrected chi connectivity index (χ2v) is 5.99. The van der Waals surface area contributed by atoms with Crippen LogP contribution in [-0.2, 0) is 4.79 Å². The molecule has 0 aromatic heterocycles. The van der Waals surface area contributed by atoms with E-state index < -0.39 is 0 Å². The summed E-state index contributed by atoms with van der Waals surface area (Å²) in [5.74, 6) is 1.05. The zero-order valence-corrected chi connectivity index (χ0v) is 11.7. The van der Waals surface area contributed by atoms with Gasteiger partial charge in [0.2, 0.25) is 5.91 Å². The minimum Gasteiger partial charge on any atom is -0.336 e. The van der Waals surface area contributed by atoms with Crippen molar-refractivity contribution >= 4 is 5.91 Å². The van der Waals surface area contributed by atoms with Crippen LogP contribution in [0.1, 0.15) is 59.3 Å². The molecule has 1 saturated heterocycles. The van der Waals surface area contributed by atoms with E-state index in [1.54, 1.807) is 0 Å². The van der Waals surface area contributed by atoms with Crippen LogP contribution in [0.15, 0.2) is 0 Å². The highest BCUT2D eigenvalue weighted by atomic mass is 16.2. The maximum atomic E-state index is 12.1. The van der Waals surface area contributed by atoms with Gasteiger partial charge in [0.25, 0.3) is 0 Å². The van der Waals surface area contributed by atoms with Gasteiger partial charge in [-0.3, -0.25) is 4.79 Å². The van der Waals surface area contributed by atoms with Crippen LogP contribution in [0.25, 0.3) is 0 Å². The summed E-state index contributed by atoms with van der Waals surface area (Å²) in [7, 11) is 0. The summed E-state index contributed by atoms with van der Waals surface area (Å²) < 4.78 is 0. The first-order valence-corrected chi connectivity index (χ1v) is 7.00. The van der Waals surface area contributed by atoms with Gasteiger partial charge >= 0.3 is 0 Å². The fourth-order valence-electron chi connectivity index (χ4n) is 2.62. The molecule has 1 rings (SSSR count). The number of likely N-dealkylation sites (tertiary alicyclic amines) is 1. The van der Waals surface area contributed by atoms with Gasteiger partial charge in [0.15, 0.2) is 0 Å². The highest BCUT2D eigenvalue weighted by molar-refractivity contribution is 5.77. The van der Waals surface area contributed by atoms with Crippen LogP contribution in [0, 0.1) is 5.92 Å². The summed E-state index contributed by atoms with van der Waals surface area (Å²) in [6, 6.07) is 0. The van der Waals surface area contributed by atoms with Crippen molar-refractivity contribution in [3.63, 3.8) is 0 Å². The zero-order valence-electron chi connectivity index (χ0n) is 11.7. The van der Waals surface area contributed by atoms with Crippen molar-refractivity contribution in [3.05, 3.63) is 0 Å². The molecule has 0 aromatic rings. The molecule has 1 amide bonds. The van der Waals surface area contributed by atoms with Crippen molar-refractivity contribution in [2.75, 3.05) is 13.1 Å². The van der Waals surface area contributed by atoms with Gasteiger partial charge in [-0.05, 0) is 32.1 Å². The van der Waals surface area contributed by atoms with Crippen LogP contribution in [0.4, 0.5) is 0 Å². The SMILES string of the molecule is CC(C)CCCCC(=O)N1CCCC1(C)CN. The van der Waals surface area contributed by atoms with Gasteiger partial charge < -0.3 is 10.6 Å². The first-order valence-electron chi connectivity index (χ1n) is 7.00. The van der Waals surface area contributed by atoms with Gasteiger partial charge in [-0.1, -0.05) is 26.7 Å². The van der Waals surface area contributed by atoms with Crippen molar-refractivity contribution in [1.29, 1.82) is 0 Å². The summed E-state index contributed by atoms with van der Waals surface area (Å²) >= 11 is 0. The van der Waals surface area contributed by atoms with E-state index in [0.717, 1.165) is 38.1 Å². The molecule has 100 valence electrons. The van der Waals surface area contributed by atoms with Gasteiger partial charge in [-0.25, -0.2) is 0 Å². The predicted octanol–water partition coefficient (Wildman–Crippen LogP) is 2.54. The third kappa shape index (κ3) is 3.98. The second-order valence-electron chi connectivity index (χ2n) is 5.99. The maximum Gasteiger partial charge on any atom is 0.223 e. The Morgan fingerprint density at radius 3 is 2.71 bits per heavy atom. The lowest BCUT2D eigenvalue weighted by Crippen LogP contribution is -2.49. The lowest BCUT2D eigenvalue weighted by molar-refractivity contribution is -0.134. The zero-order chi connectivity index (χ0) is 12.9. The molecule has 0 aromatic carbocycles. The summed E-state index contributed by atoms with van der Waals surface area (Å²) in [6.45, 7) is 8.06. The van der Waals surface area contributed by atoms with Crippen molar-refractivity contribution < 1.29 is 4.79 Å². The first-order chi connectivity index (χ1) is 7.99. The largest absolute Gasteiger partial charge is 0.336 e. The molecule has 17 heavy (non-hydrogen) atoms. The summed E-state index contributed by atoms with van der Waals surface area (Å²) in [6.07, 6.45) is 6.27. The third-order valence-corrected chi connectivity index (χ3v) is 3.91. The quantitative estimate of drug-likeness (QED) is 0.725. The van der Waals surface area contributed by atoms with E-state index in [-0.39, 0.29) is 5.54 Å². The van der Waals surface area contributed by atoms with Crippen molar-refractivity contribution in [1.82, 2.24) is 4.90 Å². The number of carbonyl (C=O) groups excluding carboxylic acids is 1. The molecule has 1 atom stereocenters. The lowest BCUT2D eigenvalue weighted by Gasteiger charge is -2.34. The molecule has 1 fully saturated rings. The standard InChI is InChI=1S/C14H28N2O/c1-12(2)7-4-5-8-13(17)16-10-6-9-14(16,3)11-15/h12H,4-11,15H2,1-3H3. The average Bonchev–Trinajstić information content (AvgIpc) is 2.67. The molecule has 1 unspecified atom stereocenters. The fraction of sp³-hybridized carbons (Fsp3) is 0.929. The number of carbonyl (C=O) groups is 1. The summed E-state index contributed by atoms with van der Waals surface area (Å²) in [5.41, 5.74) is 5.72. The Kier molecular flexibility index (Phi) is 5.44. The molecule has 3 nitrogen and oxygen atoms in total. The molecule has 0 saturated carbocycles. The second kappa shape index (κ2) is 6.39. The van der Waals surface area contributed by atoms with Crippen LogP contribution >= 0.6 is 0 Å². The van der Waals surface area contributed by atoms with Crippen LogP contribution in [0.3, 0.4) is 0 Å². The number of hydrogen-bond acceptors (Lipinski definition) is 2. The molecule has 2 N–H and O–H groups in total. The minimum absolute atomic E-state index is 0.0743. The van der Waals surface area contributed by atoms with Crippen LogP contribution in [0.2, 0.25) is 0 Å². The van der Waals surface area contributed by atoms with Crippen molar-refractivity contribution in [2.45, 2.75) is 64.8 Å². The Morgan fingerprint density at radius 1 is 1.41 bits per heavy atom. The summed E-state index contributed by atoms with van der Waals surface area (Å²) in [4.78, 5) is 14.2. The van der Waals surface area contributed by atoms with E-state index in [4.69, 9.17) is 5.73 Å². The average molecular weight is 240 g/mol. The lowest BCUT2D eigenvalue weighted by atomic mass is 9.98. The molecule has 1 heterocycles. The predicted molar refractivity (Wildman–Crippen MR) is 71.7 cm³/mol. The number of unbranched alkanes of at least 4 members (excludes halogenated alkanes) is 1. The molecule has 1 aliphatic rings. The molecule has 3 heteroatoms. The maximum absolute atomic E-state index is 12.1. The van der Waals surface area contributed by atoms with Crippen LogP contribution in [0.5, 0.6) is 0 Å². The number of hydrogen-bond donors (Lipinski definition) is 1. The normalized spacial score (nSPS) is 24.6. The number of rotatable bonds is 6. The highest BCUT2D eigenvalue weighted by Gasteiger charge is 2.37. The van der Waals surface area contributed by atoms with E-state index in [1.165, 1.54) is 6.42 Å². The molecular formula is C14H28N2O. The van der Waals surface area contributed by atoms with Gasteiger partial charge in [0, 0.05) is 19.5 Å². The minimum atomic E-state index is -0.0743. The monoisotopic (exact) mass is 240 g/mol. The Balaban J connectivity index is 2.32. The van der Waals surface area contributed by atoms with E-state index in [1.807, 2.05) is 4.90 Å². The molecule has 1 aliphatic heterocycles. The van der Waals surface area contributed by atoms with E-state index in [9.17, 15) is 4.79 Å². The number of nitrogens with zero attached hydrogens (tertiary/aromatic N) is 1. The molecular weight excluding hydrogens is 212 g/mol. The van der Waals surface area contributed by atoms with E-state index >= 15 is 0 Å². The number of amides is 1. The first kappa shape index (κ1) is 14.5. The number of nitrogens with two attached hydrogens (primary N) is 1. The van der Waals surface area contributed by atoms with E-state index in [0.29, 0.717) is 18.9 Å². The smallest absolute Gasteiger partial charge is 0.223 e. The van der Waals surface area contributed by atoms with Gasteiger partial charge in [-0.2, -0.15) is 0 Å². The Labute approximate surface area is 106 Å². The molecule has 0 spiro atoms. The molecule has 0 bridgehead atoms. The topological polar surface area (TPSA) is 46.3 Å². The van der Waals surface area contributed by atoms with Gasteiger partial charge in [0.1, 0.15) is 0 Å². The van der Waals surface area contributed by atoms with E-state index in [2.05, 4.69) is 20.8 Å². The molecule has 0 radical (unpaired) electrons. The Bertz CT molecular complexity index is 253. The van der Waals surface area contributed by atoms with Gasteiger partial charge in [0.05, 0.1) is 5.54 Å². The summed E-state index contributed by atoms with van der Waals surface area (Å²) in [5, 5.41) is 0. The van der Waals surface area contributed by atoms with Crippen LogP contribution < -0.4 is 5.73 Å². The van der Waals surface area contributed by atoms with Crippen molar-refractivity contribution in [3.8, 4) is 0 Å². The Morgan fingerprint density at radius 2 is 2.12 bits per heavy atom. The highest BCUT2D eigenvalue weighted by Crippen LogP contribution is 2.28. The van der Waals surface area contributed by atoms with Crippen molar-refractivity contribution in [2.24, 2.45) is 11.7 Å². The third-order valence-electron chi connectivity index (χ3n) is 3.91. The Hall–Kier alpha value is -0.570. The van der Waals surface area contributed by atoms with Gasteiger partial charge in [-0.15, -0.1) is 0 Å². The fourth-order valence-corrected chi connectivity index (χ4v) is 2.62. The molecule has 0 aliphatic carbocycles.